The molecule has 0 bridgehead atoms. The van der Waals surface area contributed by atoms with Crippen molar-refractivity contribution in [3.05, 3.63) is 29.8 Å². The lowest BCUT2D eigenvalue weighted by Gasteiger charge is -2.32. The Labute approximate surface area is 116 Å². The second-order valence-corrected chi connectivity index (χ2v) is 6.12. The van der Waals surface area contributed by atoms with Gasteiger partial charge in [-0.1, -0.05) is 12.1 Å². The maximum Gasteiger partial charge on any atom is 0.119 e. The topological polar surface area (TPSA) is 32.7 Å². The van der Waals surface area contributed by atoms with Crippen LogP contribution in [0, 0.1) is 5.41 Å². The molecule has 1 aromatic rings. The maximum absolute atomic E-state index is 9.66. The van der Waals surface area contributed by atoms with Gasteiger partial charge in [0.25, 0.3) is 0 Å². The molecule has 19 heavy (non-hydrogen) atoms. The summed E-state index contributed by atoms with van der Waals surface area (Å²) in [6, 6.07) is 8.58. The Balaban J connectivity index is 2.19. The standard InChI is InChI=1S/C16H25NO2/c1-12(2)19-14-7-5-13(6-8-14)15(17(3)4)16(11-18)9-10-16/h5-8,12,15,18H,9-11H2,1-4H3. The number of rotatable bonds is 6. The molecule has 0 aliphatic heterocycles. The quantitative estimate of drug-likeness (QED) is 0.856. The van der Waals surface area contributed by atoms with Gasteiger partial charge in [-0.25, -0.2) is 0 Å². The van der Waals surface area contributed by atoms with Crippen molar-refractivity contribution in [2.75, 3.05) is 20.7 Å². The molecule has 1 unspecified atom stereocenters. The summed E-state index contributed by atoms with van der Waals surface area (Å²) in [4.78, 5) is 2.21. The highest BCUT2D eigenvalue weighted by Crippen LogP contribution is 2.56. The summed E-state index contributed by atoms with van der Waals surface area (Å²) in [5, 5.41) is 9.66. The molecule has 3 nitrogen and oxygen atoms in total. The minimum atomic E-state index is 0.0594. The molecule has 0 amide bonds. The molecule has 1 N–H and O–H groups in total. The van der Waals surface area contributed by atoms with Crippen LogP contribution in [0.25, 0.3) is 0 Å². The highest BCUT2D eigenvalue weighted by Gasteiger charge is 2.50. The van der Waals surface area contributed by atoms with Crippen LogP contribution in [-0.2, 0) is 0 Å². The van der Waals surface area contributed by atoms with Crippen LogP contribution in [0.1, 0.15) is 38.3 Å². The van der Waals surface area contributed by atoms with Crippen LogP contribution in [0.3, 0.4) is 0 Å². The van der Waals surface area contributed by atoms with Gasteiger partial charge in [-0.2, -0.15) is 0 Å². The molecule has 1 fully saturated rings. The Morgan fingerprint density at radius 1 is 1.21 bits per heavy atom. The average molecular weight is 263 g/mol. The van der Waals surface area contributed by atoms with E-state index < -0.39 is 0 Å². The van der Waals surface area contributed by atoms with Crippen molar-refractivity contribution in [3.8, 4) is 5.75 Å². The van der Waals surface area contributed by atoms with Crippen molar-refractivity contribution >= 4 is 0 Å². The number of benzene rings is 1. The molecule has 0 saturated heterocycles. The smallest absolute Gasteiger partial charge is 0.119 e. The number of hydrogen-bond acceptors (Lipinski definition) is 3. The number of aliphatic hydroxyl groups excluding tert-OH is 1. The Bertz CT molecular complexity index is 407. The first-order chi connectivity index (χ1) is 8.98. The summed E-state index contributed by atoms with van der Waals surface area (Å²) in [6.45, 7) is 4.32. The summed E-state index contributed by atoms with van der Waals surface area (Å²) in [5.41, 5.74) is 1.32. The molecule has 106 valence electrons. The fourth-order valence-corrected chi connectivity index (χ4v) is 2.88. The summed E-state index contributed by atoms with van der Waals surface area (Å²) in [7, 11) is 4.16. The van der Waals surface area contributed by atoms with Crippen LogP contribution < -0.4 is 4.74 Å². The van der Waals surface area contributed by atoms with Gasteiger partial charge < -0.3 is 14.7 Å². The predicted octanol–water partition coefficient (Wildman–Crippen LogP) is 2.85. The highest BCUT2D eigenvalue weighted by molar-refractivity contribution is 5.31. The van der Waals surface area contributed by atoms with Crippen molar-refractivity contribution in [1.29, 1.82) is 0 Å². The van der Waals surface area contributed by atoms with E-state index in [4.69, 9.17) is 4.74 Å². The van der Waals surface area contributed by atoms with E-state index in [1.165, 1.54) is 5.56 Å². The summed E-state index contributed by atoms with van der Waals surface area (Å²) >= 11 is 0. The molecule has 0 heterocycles. The van der Waals surface area contributed by atoms with Gasteiger partial charge in [0.2, 0.25) is 0 Å². The first kappa shape index (κ1) is 14.4. The third-order valence-electron chi connectivity index (χ3n) is 3.87. The molecule has 1 aliphatic carbocycles. The number of hydrogen-bond donors (Lipinski definition) is 1. The largest absolute Gasteiger partial charge is 0.491 e. The Morgan fingerprint density at radius 3 is 2.16 bits per heavy atom. The molecule has 2 rings (SSSR count). The third kappa shape index (κ3) is 3.10. The molecule has 0 aromatic heterocycles. The van der Waals surface area contributed by atoms with Crippen molar-refractivity contribution < 1.29 is 9.84 Å². The SMILES string of the molecule is CC(C)Oc1ccc(C(N(C)C)C2(CO)CC2)cc1. The summed E-state index contributed by atoms with van der Waals surface area (Å²) in [6.07, 6.45) is 2.41. The molecular formula is C16H25NO2. The number of ether oxygens (including phenoxy) is 1. The van der Waals surface area contributed by atoms with Gasteiger partial charge >= 0.3 is 0 Å². The van der Waals surface area contributed by atoms with Crippen LogP contribution >= 0.6 is 0 Å². The maximum atomic E-state index is 9.66. The zero-order valence-electron chi connectivity index (χ0n) is 12.4. The Hall–Kier alpha value is -1.06. The molecule has 0 radical (unpaired) electrons. The van der Waals surface area contributed by atoms with E-state index >= 15 is 0 Å². The average Bonchev–Trinajstić information content (AvgIpc) is 3.11. The first-order valence-corrected chi connectivity index (χ1v) is 7.02. The highest BCUT2D eigenvalue weighted by atomic mass is 16.5. The van der Waals surface area contributed by atoms with Crippen LogP contribution in [-0.4, -0.2) is 36.8 Å². The van der Waals surface area contributed by atoms with E-state index in [1.807, 2.05) is 26.0 Å². The fraction of sp³-hybridized carbons (Fsp3) is 0.625. The van der Waals surface area contributed by atoms with Gasteiger partial charge in [0, 0.05) is 11.5 Å². The normalized spacial score (nSPS) is 18.7. The molecule has 1 saturated carbocycles. The van der Waals surface area contributed by atoms with Crippen molar-refractivity contribution in [2.45, 2.75) is 38.8 Å². The lowest BCUT2D eigenvalue weighted by molar-refractivity contribution is 0.115. The third-order valence-corrected chi connectivity index (χ3v) is 3.87. The van der Waals surface area contributed by atoms with Crippen molar-refractivity contribution in [3.63, 3.8) is 0 Å². The van der Waals surface area contributed by atoms with Crippen LogP contribution in [0.2, 0.25) is 0 Å². The monoisotopic (exact) mass is 263 g/mol. The van der Waals surface area contributed by atoms with Gasteiger partial charge in [-0.3, -0.25) is 0 Å². The Morgan fingerprint density at radius 2 is 1.79 bits per heavy atom. The van der Waals surface area contributed by atoms with Crippen LogP contribution in [0.4, 0.5) is 0 Å². The zero-order chi connectivity index (χ0) is 14.0. The van der Waals surface area contributed by atoms with Gasteiger partial charge in [-0.15, -0.1) is 0 Å². The molecule has 3 heteroatoms. The number of aliphatic hydroxyl groups is 1. The molecule has 1 atom stereocenters. The lowest BCUT2D eigenvalue weighted by Crippen LogP contribution is -2.30. The van der Waals surface area contributed by atoms with Gasteiger partial charge in [-0.05, 0) is 58.5 Å². The molecule has 1 aromatic carbocycles. The van der Waals surface area contributed by atoms with Gasteiger partial charge in [0.1, 0.15) is 5.75 Å². The van der Waals surface area contributed by atoms with Crippen LogP contribution in [0.5, 0.6) is 5.75 Å². The number of nitrogens with zero attached hydrogens (tertiary/aromatic N) is 1. The van der Waals surface area contributed by atoms with E-state index in [0.717, 1.165) is 18.6 Å². The second kappa shape index (κ2) is 5.51. The second-order valence-electron chi connectivity index (χ2n) is 6.12. The Kier molecular flexibility index (Phi) is 4.16. The van der Waals surface area contributed by atoms with E-state index in [9.17, 15) is 5.11 Å². The van der Waals surface area contributed by atoms with Gasteiger partial charge in [0.15, 0.2) is 0 Å². The minimum Gasteiger partial charge on any atom is -0.491 e. The van der Waals surface area contributed by atoms with Crippen molar-refractivity contribution in [2.24, 2.45) is 5.41 Å². The first-order valence-electron chi connectivity index (χ1n) is 7.02. The summed E-state index contributed by atoms with van der Waals surface area (Å²) in [5.74, 6) is 0.908. The van der Waals surface area contributed by atoms with Gasteiger partial charge in [0.05, 0.1) is 12.7 Å². The molecule has 0 spiro atoms. The zero-order valence-corrected chi connectivity index (χ0v) is 12.4. The van der Waals surface area contributed by atoms with E-state index in [-0.39, 0.29) is 24.2 Å². The summed E-state index contributed by atoms with van der Waals surface area (Å²) < 4.78 is 5.67. The lowest BCUT2D eigenvalue weighted by atomic mass is 9.90. The van der Waals surface area contributed by atoms with E-state index in [2.05, 4.69) is 31.1 Å². The van der Waals surface area contributed by atoms with Crippen LogP contribution in [0.15, 0.2) is 24.3 Å². The molecular weight excluding hydrogens is 238 g/mol. The molecule has 1 aliphatic rings. The van der Waals surface area contributed by atoms with E-state index in [1.54, 1.807) is 0 Å². The van der Waals surface area contributed by atoms with Crippen molar-refractivity contribution in [1.82, 2.24) is 4.90 Å². The van der Waals surface area contributed by atoms with E-state index in [0.29, 0.717) is 0 Å². The fourth-order valence-electron chi connectivity index (χ4n) is 2.88. The predicted molar refractivity (Wildman–Crippen MR) is 77.4 cm³/mol. The minimum absolute atomic E-state index is 0.0594.